The predicted octanol–water partition coefficient (Wildman–Crippen LogP) is 5.63. The Balaban J connectivity index is 2.24. The standard InChI is InChI=1S/C28H38N2O8/c1-27(2,3)37-25(33)29-15-10-16-36-22-12-9-8-11-21(22)30(26(34)38-28(4,5)6)18-20-14-13-19(24(31)32)17-23(20)35-7/h8-9,11-14,17H,10,15-16,18H2,1-7H3,(H,29,33)(H,31,32). The Kier molecular flexibility index (Phi) is 10.4. The zero-order valence-electron chi connectivity index (χ0n) is 23.1. The van der Waals surface area contributed by atoms with E-state index in [0.717, 1.165) is 0 Å². The minimum Gasteiger partial charge on any atom is -0.496 e. The van der Waals surface area contributed by atoms with Crippen molar-refractivity contribution in [3.05, 3.63) is 53.6 Å². The molecule has 38 heavy (non-hydrogen) atoms. The molecule has 208 valence electrons. The van der Waals surface area contributed by atoms with E-state index in [1.165, 1.54) is 24.1 Å². The van der Waals surface area contributed by atoms with Crippen LogP contribution in [-0.4, -0.2) is 54.7 Å². The van der Waals surface area contributed by atoms with Crippen molar-refractivity contribution in [1.29, 1.82) is 0 Å². The molecule has 0 saturated heterocycles. The van der Waals surface area contributed by atoms with Crippen molar-refractivity contribution in [2.75, 3.05) is 25.2 Å². The van der Waals surface area contributed by atoms with Crippen LogP contribution >= 0.6 is 0 Å². The molecule has 2 N–H and O–H groups in total. The summed E-state index contributed by atoms with van der Waals surface area (Å²) in [7, 11) is 1.44. The molecule has 0 radical (unpaired) electrons. The summed E-state index contributed by atoms with van der Waals surface area (Å²) in [4.78, 5) is 37.9. The highest BCUT2D eigenvalue weighted by Crippen LogP contribution is 2.33. The van der Waals surface area contributed by atoms with Crippen LogP contribution in [0.4, 0.5) is 15.3 Å². The highest BCUT2D eigenvalue weighted by atomic mass is 16.6. The lowest BCUT2D eigenvalue weighted by Crippen LogP contribution is -2.37. The van der Waals surface area contributed by atoms with Gasteiger partial charge in [0.2, 0.25) is 0 Å². The van der Waals surface area contributed by atoms with E-state index >= 15 is 0 Å². The molecule has 2 rings (SSSR count). The second kappa shape index (κ2) is 13.0. The second-order valence-corrected chi connectivity index (χ2v) is 10.5. The third kappa shape index (κ3) is 9.84. The number of ether oxygens (including phenoxy) is 4. The van der Waals surface area contributed by atoms with Crippen LogP contribution in [0.2, 0.25) is 0 Å². The smallest absolute Gasteiger partial charge is 0.415 e. The molecule has 0 atom stereocenters. The van der Waals surface area contributed by atoms with Crippen LogP contribution in [0.25, 0.3) is 0 Å². The third-order valence-electron chi connectivity index (χ3n) is 4.88. The maximum absolute atomic E-state index is 13.3. The van der Waals surface area contributed by atoms with Gasteiger partial charge in [0.1, 0.15) is 22.7 Å². The minimum atomic E-state index is -1.08. The Morgan fingerprint density at radius 2 is 1.58 bits per heavy atom. The van der Waals surface area contributed by atoms with Crippen molar-refractivity contribution < 1.29 is 38.4 Å². The molecule has 0 aliphatic carbocycles. The normalized spacial score (nSPS) is 11.3. The number of hydrogen-bond acceptors (Lipinski definition) is 7. The molecule has 0 bridgehead atoms. The number of para-hydroxylation sites is 2. The summed E-state index contributed by atoms with van der Waals surface area (Å²) < 4.78 is 22.3. The molecule has 0 spiro atoms. The van der Waals surface area contributed by atoms with Gasteiger partial charge in [0.25, 0.3) is 0 Å². The average Bonchev–Trinajstić information content (AvgIpc) is 2.80. The van der Waals surface area contributed by atoms with Gasteiger partial charge in [-0.15, -0.1) is 0 Å². The third-order valence-corrected chi connectivity index (χ3v) is 4.88. The Bertz CT molecular complexity index is 1120. The van der Waals surface area contributed by atoms with Gasteiger partial charge >= 0.3 is 18.2 Å². The van der Waals surface area contributed by atoms with E-state index in [-0.39, 0.29) is 18.7 Å². The van der Waals surface area contributed by atoms with Crippen LogP contribution in [0, 0.1) is 0 Å². The number of nitrogens with one attached hydrogen (secondary N) is 1. The molecule has 0 aliphatic rings. The van der Waals surface area contributed by atoms with Gasteiger partial charge in [0, 0.05) is 12.1 Å². The molecule has 10 nitrogen and oxygen atoms in total. The summed E-state index contributed by atoms with van der Waals surface area (Å²) in [6.07, 6.45) is -0.605. The molecule has 0 saturated carbocycles. The van der Waals surface area contributed by atoms with Crippen LogP contribution in [0.1, 0.15) is 63.9 Å². The molecule has 2 aromatic rings. The van der Waals surface area contributed by atoms with Crippen LogP contribution in [0.5, 0.6) is 11.5 Å². The van der Waals surface area contributed by atoms with Gasteiger partial charge in [-0.2, -0.15) is 0 Å². The zero-order valence-corrected chi connectivity index (χ0v) is 23.1. The summed E-state index contributed by atoms with van der Waals surface area (Å²) >= 11 is 0. The highest BCUT2D eigenvalue weighted by molar-refractivity contribution is 5.90. The molecule has 0 heterocycles. The lowest BCUT2D eigenvalue weighted by Gasteiger charge is -2.29. The lowest BCUT2D eigenvalue weighted by atomic mass is 10.1. The Morgan fingerprint density at radius 3 is 2.18 bits per heavy atom. The predicted molar refractivity (Wildman–Crippen MR) is 143 cm³/mol. The summed E-state index contributed by atoms with van der Waals surface area (Å²) in [5, 5.41) is 12.0. The number of rotatable bonds is 10. The number of amides is 2. The van der Waals surface area contributed by atoms with Gasteiger partial charge in [-0.05, 0) is 72.2 Å². The summed E-state index contributed by atoms with van der Waals surface area (Å²) in [6.45, 7) is 11.3. The molecule has 0 fully saturated rings. The number of benzene rings is 2. The van der Waals surface area contributed by atoms with Crippen molar-refractivity contribution in [1.82, 2.24) is 5.32 Å². The van der Waals surface area contributed by atoms with Crippen LogP contribution in [0.15, 0.2) is 42.5 Å². The molecule has 0 aliphatic heterocycles. The first-order chi connectivity index (χ1) is 17.7. The van der Waals surface area contributed by atoms with Crippen molar-refractivity contribution in [3.8, 4) is 11.5 Å². The molecular weight excluding hydrogens is 492 g/mol. The number of anilines is 1. The van der Waals surface area contributed by atoms with Gasteiger partial charge < -0.3 is 29.4 Å². The fourth-order valence-electron chi connectivity index (χ4n) is 3.30. The van der Waals surface area contributed by atoms with E-state index in [4.69, 9.17) is 18.9 Å². The number of carbonyl (C=O) groups is 3. The van der Waals surface area contributed by atoms with Crippen molar-refractivity contribution in [2.24, 2.45) is 0 Å². The van der Waals surface area contributed by atoms with Crippen molar-refractivity contribution >= 4 is 23.8 Å². The largest absolute Gasteiger partial charge is 0.496 e. The summed E-state index contributed by atoms with van der Waals surface area (Å²) in [5.41, 5.74) is -0.221. The number of alkyl carbamates (subject to hydrolysis) is 1. The fraction of sp³-hybridized carbons (Fsp3) is 0.464. The summed E-state index contributed by atoms with van der Waals surface area (Å²) in [6, 6.07) is 11.5. The number of carbonyl (C=O) groups excluding carboxylic acids is 2. The highest BCUT2D eigenvalue weighted by Gasteiger charge is 2.27. The molecule has 2 amide bonds. The van der Waals surface area contributed by atoms with E-state index in [0.29, 0.717) is 35.7 Å². The molecule has 2 aromatic carbocycles. The van der Waals surface area contributed by atoms with E-state index in [2.05, 4.69) is 5.32 Å². The van der Waals surface area contributed by atoms with Crippen LogP contribution < -0.4 is 19.7 Å². The van der Waals surface area contributed by atoms with E-state index in [1.807, 2.05) is 0 Å². The minimum absolute atomic E-state index is 0.0402. The Hall–Kier alpha value is -3.95. The van der Waals surface area contributed by atoms with Crippen LogP contribution in [-0.2, 0) is 16.0 Å². The number of carboxylic acid groups (broad SMARTS) is 1. The van der Waals surface area contributed by atoms with Gasteiger partial charge in [0.15, 0.2) is 0 Å². The van der Waals surface area contributed by atoms with Crippen LogP contribution in [0.3, 0.4) is 0 Å². The van der Waals surface area contributed by atoms with Gasteiger partial charge in [-0.25, -0.2) is 14.4 Å². The van der Waals surface area contributed by atoms with Gasteiger partial charge in [-0.3, -0.25) is 4.90 Å². The van der Waals surface area contributed by atoms with Crippen molar-refractivity contribution in [3.63, 3.8) is 0 Å². The maximum atomic E-state index is 13.3. The first-order valence-corrected chi connectivity index (χ1v) is 12.3. The first-order valence-electron chi connectivity index (χ1n) is 12.3. The number of carboxylic acids is 1. The summed E-state index contributed by atoms with van der Waals surface area (Å²) in [5.74, 6) is -0.319. The van der Waals surface area contributed by atoms with Gasteiger partial charge in [-0.1, -0.05) is 18.2 Å². The van der Waals surface area contributed by atoms with E-state index in [9.17, 15) is 19.5 Å². The number of methoxy groups -OCH3 is 1. The molecule has 0 aromatic heterocycles. The SMILES string of the molecule is COc1cc(C(=O)O)ccc1CN(C(=O)OC(C)(C)C)c1ccccc1OCCCNC(=O)OC(C)(C)C. The maximum Gasteiger partial charge on any atom is 0.415 e. The fourth-order valence-corrected chi connectivity index (χ4v) is 3.30. The van der Waals surface area contributed by atoms with E-state index < -0.39 is 29.4 Å². The monoisotopic (exact) mass is 530 g/mol. The Morgan fingerprint density at radius 1 is 0.921 bits per heavy atom. The molecule has 0 unspecified atom stereocenters. The lowest BCUT2D eigenvalue weighted by molar-refractivity contribution is 0.0522. The second-order valence-electron chi connectivity index (χ2n) is 10.5. The Labute approximate surface area is 223 Å². The average molecular weight is 531 g/mol. The van der Waals surface area contributed by atoms with Crippen molar-refractivity contribution in [2.45, 2.75) is 65.7 Å². The quantitative estimate of drug-likeness (QED) is 0.379. The number of nitrogens with zero attached hydrogens (tertiary/aromatic N) is 1. The van der Waals surface area contributed by atoms with Gasteiger partial charge in [0.05, 0.1) is 31.5 Å². The topological polar surface area (TPSA) is 124 Å². The zero-order chi connectivity index (χ0) is 28.5. The van der Waals surface area contributed by atoms with E-state index in [1.54, 1.807) is 71.9 Å². The number of aromatic carboxylic acids is 1. The first kappa shape index (κ1) is 30.3. The molecular formula is C28H38N2O8. The number of hydrogen-bond donors (Lipinski definition) is 2. The molecule has 10 heteroatoms.